The van der Waals surface area contributed by atoms with Crippen LogP contribution in [0.4, 0.5) is 0 Å². The highest BCUT2D eigenvalue weighted by atomic mass is 79.9. The standard InChI is InChI=1S/C13H16BrNO/c1-9-7-15-8-12(9)13(16)6-10-3-2-4-11(14)5-10/h2-5,9,12,15H,6-8H2,1H3. The van der Waals surface area contributed by atoms with E-state index in [4.69, 9.17) is 0 Å². The number of hydrogen-bond acceptors (Lipinski definition) is 2. The number of carbonyl (C=O) groups is 1. The van der Waals surface area contributed by atoms with Crippen LogP contribution in [0, 0.1) is 11.8 Å². The molecule has 1 aromatic carbocycles. The minimum absolute atomic E-state index is 0.194. The second-order valence-corrected chi connectivity index (χ2v) is 5.43. The minimum Gasteiger partial charge on any atom is -0.316 e. The average molecular weight is 282 g/mol. The predicted molar refractivity (Wildman–Crippen MR) is 68.4 cm³/mol. The number of carbonyl (C=O) groups excluding carboxylic acids is 1. The number of halogens is 1. The quantitative estimate of drug-likeness (QED) is 0.922. The number of rotatable bonds is 3. The lowest BCUT2D eigenvalue weighted by molar-refractivity contribution is -0.122. The normalized spacial score (nSPS) is 24.6. The molecule has 2 atom stereocenters. The van der Waals surface area contributed by atoms with Crippen molar-refractivity contribution in [3.63, 3.8) is 0 Å². The van der Waals surface area contributed by atoms with Crippen LogP contribution in [0.3, 0.4) is 0 Å². The molecule has 2 rings (SSSR count). The van der Waals surface area contributed by atoms with Gasteiger partial charge in [-0.25, -0.2) is 0 Å². The van der Waals surface area contributed by atoms with Gasteiger partial charge in [0.15, 0.2) is 0 Å². The van der Waals surface area contributed by atoms with Gasteiger partial charge in [0.05, 0.1) is 0 Å². The van der Waals surface area contributed by atoms with E-state index in [1.807, 2.05) is 24.3 Å². The Bertz CT molecular complexity index is 391. The molecule has 86 valence electrons. The molecule has 0 aliphatic carbocycles. The Kier molecular flexibility index (Phi) is 3.77. The van der Waals surface area contributed by atoms with Crippen LogP contribution in [0.1, 0.15) is 12.5 Å². The molecule has 1 fully saturated rings. The van der Waals surface area contributed by atoms with Gasteiger partial charge in [-0.15, -0.1) is 0 Å². The van der Waals surface area contributed by atoms with Crippen molar-refractivity contribution in [2.24, 2.45) is 11.8 Å². The molecule has 0 saturated carbocycles. The van der Waals surface area contributed by atoms with E-state index in [2.05, 4.69) is 28.2 Å². The summed E-state index contributed by atoms with van der Waals surface area (Å²) in [4.78, 5) is 12.1. The van der Waals surface area contributed by atoms with Crippen LogP contribution in [-0.2, 0) is 11.2 Å². The first-order valence-electron chi connectivity index (χ1n) is 5.64. The lowest BCUT2D eigenvalue weighted by Gasteiger charge is -2.12. The summed E-state index contributed by atoms with van der Waals surface area (Å²) >= 11 is 3.42. The molecule has 1 heterocycles. The van der Waals surface area contributed by atoms with E-state index in [-0.39, 0.29) is 5.92 Å². The van der Waals surface area contributed by atoms with Gasteiger partial charge >= 0.3 is 0 Å². The highest BCUT2D eigenvalue weighted by molar-refractivity contribution is 9.10. The summed E-state index contributed by atoms with van der Waals surface area (Å²) in [5.41, 5.74) is 1.10. The molecular weight excluding hydrogens is 266 g/mol. The van der Waals surface area contributed by atoms with Gasteiger partial charge in [-0.05, 0) is 30.2 Å². The van der Waals surface area contributed by atoms with Crippen molar-refractivity contribution >= 4 is 21.7 Å². The molecule has 1 aliphatic rings. The van der Waals surface area contributed by atoms with Gasteiger partial charge in [0.2, 0.25) is 0 Å². The SMILES string of the molecule is CC1CNCC1C(=O)Cc1cccc(Br)c1. The average Bonchev–Trinajstić information content (AvgIpc) is 2.64. The molecule has 2 unspecified atom stereocenters. The molecule has 16 heavy (non-hydrogen) atoms. The zero-order valence-corrected chi connectivity index (χ0v) is 11.0. The van der Waals surface area contributed by atoms with Gasteiger partial charge in [0.1, 0.15) is 5.78 Å². The Morgan fingerprint density at radius 3 is 2.94 bits per heavy atom. The molecule has 0 radical (unpaired) electrons. The van der Waals surface area contributed by atoms with Crippen molar-refractivity contribution in [3.05, 3.63) is 34.3 Å². The number of nitrogens with one attached hydrogen (secondary N) is 1. The van der Waals surface area contributed by atoms with Gasteiger partial charge < -0.3 is 5.32 Å². The van der Waals surface area contributed by atoms with Crippen molar-refractivity contribution in [2.75, 3.05) is 13.1 Å². The van der Waals surface area contributed by atoms with Crippen LogP contribution in [0.15, 0.2) is 28.7 Å². The van der Waals surface area contributed by atoms with E-state index in [0.717, 1.165) is 23.1 Å². The maximum Gasteiger partial charge on any atom is 0.141 e. The van der Waals surface area contributed by atoms with E-state index in [1.54, 1.807) is 0 Å². The fourth-order valence-electron chi connectivity index (χ4n) is 2.22. The first-order chi connectivity index (χ1) is 7.66. The first kappa shape index (κ1) is 11.8. The van der Waals surface area contributed by atoms with E-state index in [9.17, 15) is 4.79 Å². The Hall–Kier alpha value is -0.670. The number of ketones is 1. The smallest absolute Gasteiger partial charge is 0.141 e. The lowest BCUT2D eigenvalue weighted by Crippen LogP contribution is -2.23. The zero-order valence-electron chi connectivity index (χ0n) is 9.37. The van der Waals surface area contributed by atoms with Crippen LogP contribution in [0.5, 0.6) is 0 Å². The van der Waals surface area contributed by atoms with Crippen molar-refractivity contribution in [1.82, 2.24) is 5.32 Å². The molecule has 3 heteroatoms. The molecule has 1 aromatic rings. The third kappa shape index (κ3) is 2.71. The summed E-state index contributed by atoms with van der Waals surface area (Å²) in [7, 11) is 0. The second-order valence-electron chi connectivity index (χ2n) is 4.52. The van der Waals surface area contributed by atoms with Crippen LogP contribution in [0.2, 0.25) is 0 Å². The van der Waals surface area contributed by atoms with Crippen molar-refractivity contribution in [2.45, 2.75) is 13.3 Å². The molecule has 0 bridgehead atoms. The van der Waals surface area contributed by atoms with Crippen molar-refractivity contribution < 1.29 is 4.79 Å². The molecule has 0 spiro atoms. The van der Waals surface area contributed by atoms with Crippen molar-refractivity contribution in [1.29, 1.82) is 0 Å². The summed E-state index contributed by atoms with van der Waals surface area (Å²) < 4.78 is 1.04. The van der Waals surface area contributed by atoms with E-state index >= 15 is 0 Å². The highest BCUT2D eigenvalue weighted by Crippen LogP contribution is 2.20. The fraction of sp³-hybridized carbons (Fsp3) is 0.462. The molecule has 1 aliphatic heterocycles. The maximum atomic E-state index is 12.1. The van der Waals surface area contributed by atoms with Gasteiger partial charge in [0, 0.05) is 23.4 Å². The second kappa shape index (κ2) is 5.11. The van der Waals surface area contributed by atoms with Crippen LogP contribution in [0.25, 0.3) is 0 Å². The summed E-state index contributed by atoms with van der Waals surface area (Å²) in [6, 6.07) is 7.98. The highest BCUT2D eigenvalue weighted by Gasteiger charge is 2.28. The Morgan fingerprint density at radius 1 is 1.50 bits per heavy atom. The van der Waals surface area contributed by atoms with Gasteiger partial charge in [-0.3, -0.25) is 4.79 Å². The Labute approximate surface area is 105 Å². The largest absolute Gasteiger partial charge is 0.316 e. The van der Waals surface area contributed by atoms with Crippen LogP contribution in [-0.4, -0.2) is 18.9 Å². The van der Waals surface area contributed by atoms with Gasteiger partial charge in [-0.2, -0.15) is 0 Å². The molecule has 2 nitrogen and oxygen atoms in total. The summed E-state index contributed by atoms with van der Waals surface area (Å²) in [6.07, 6.45) is 0.552. The Balaban J connectivity index is 2.02. The number of Topliss-reactive ketones (excluding diaryl/α,β-unsaturated/α-hetero) is 1. The predicted octanol–water partition coefficient (Wildman–Crippen LogP) is 2.42. The molecule has 0 amide bonds. The van der Waals surface area contributed by atoms with Crippen molar-refractivity contribution in [3.8, 4) is 0 Å². The van der Waals surface area contributed by atoms with E-state index in [0.29, 0.717) is 18.1 Å². The van der Waals surface area contributed by atoms with Gasteiger partial charge in [0.25, 0.3) is 0 Å². The summed E-state index contributed by atoms with van der Waals surface area (Å²) in [6.45, 7) is 3.95. The third-order valence-electron chi connectivity index (χ3n) is 3.20. The minimum atomic E-state index is 0.194. The topological polar surface area (TPSA) is 29.1 Å². The third-order valence-corrected chi connectivity index (χ3v) is 3.69. The fourth-order valence-corrected chi connectivity index (χ4v) is 2.67. The van der Waals surface area contributed by atoms with E-state index in [1.165, 1.54) is 0 Å². The summed E-state index contributed by atoms with van der Waals surface area (Å²) in [5.74, 6) is 1.02. The maximum absolute atomic E-state index is 12.1. The lowest BCUT2D eigenvalue weighted by atomic mass is 9.90. The first-order valence-corrected chi connectivity index (χ1v) is 6.44. The molecule has 1 saturated heterocycles. The number of hydrogen-bond donors (Lipinski definition) is 1. The zero-order chi connectivity index (χ0) is 11.5. The number of benzene rings is 1. The van der Waals surface area contributed by atoms with E-state index < -0.39 is 0 Å². The Morgan fingerprint density at radius 2 is 2.31 bits per heavy atom. The van der Waals surface area contributed by atoms with Crippen LogP contribution >= 0.6 is 15.9 Å². The molecule has 1 N–H and O–H groups in total. The van der Waals surface area contributed by atoms with Gasteiger partial charge in [-0.1, -0.05) is 35.0 Å². The molecular formula is C13H16BrNO. The summed E-state index contributed by atoms with van der Waals surface area (Å²) in [5, 5.41) is 3.27. The van der Waals surface area contributed by atoms with Crippen LogP contribution < -0.4 is 5.32 Å². The monoisotopic (exact) mass is 281 g/mol. The molecule has 0 aromatic heterocycles.